The summed E-state index contributed by atoms with van der Waals surface area (Å²) in [6.45, 7) is 2.09. The number of aryl methyl sites for hydroxylation is 3. The van der Waals surface area contributed by atoms with Gasteiger partial charge < -0.3 is 5.11 Å². The van der Waals surface area contributed by atoms with Crippen molar-refractivity contribution in [2.24, 2.45) is 0 Å². The van der Waals surface area contributed by atoms with E-state index in [1.54, 1.807) is 11.3 Å². The van der Waals surface area contributed by atoms with E-state index in [9.17, 15) is 5.11 Å². The van der Waals surface area contributed by atoms with Gasteiger partial charge in [0.2, 0.25) is 0 Å². The van der Waals surface area contributed by atoms with Crippen LogP contribution >= 0.6 is 11.3 Å². The minimum absolute atomic E-state index is 0.345. The Kier molecular flexibility index (Phi) is 3.23. The highest BCUT2D eigenvalue weighted by Crippen LogP contribution is 2.34. The predicted molar refractivity (Wildman–Crippen MR) is 76.2 cm³/mol. The molecule has 1 aliphatic rings. The average molecular weight is 258 g/mol. The lowest BCUT2D eigenvalue weighted by molar-refractivity contribution is 0.182. The molecule has 0 spiro atoms. The smallest absolute Gasteiger partial charge is 0.0922 e. The van der Waals surface area contributed by atoms with Crippen LogP contribution in [0.2, 0.25) is 0 Å². The fourth-order valence-electron chi connectivity index (χ4n) is 2.68. The first-order valence-electron chi connectivity index (χ1n) is 6.57. The number of thiophene rings is 1. The number of rotatable bonds is 3. The maximum Gasteiger partial charge on any atom is 0.0922 e. The first-order valence-corrected chi connectivity index (χ1v) is 7.39. The Bertz CT molecular complexity index is 534. The second kappa shape index (κ2) is 4.87. The highest BCUT2D eigenvalue weighted by molar-refractivity contribution is 7.12. The molecule has 1 aromatic heterocycles. The van der Waals surface area contributed by atoms with Crippen molar-refractivity contribution in [3.8, 4) is 0 Å². The van der Waals surface area contributed by atoms with Gasteiger partial charge in [0.1, 0.15) is 0 Å². The molecule has 1 unspecified atom stereocenters. The fraction of sp³-hybridized carbons (Fsp3) is 0.375. The van der Waals surface area contributed by atoms with Crippen LogP contribution in [0.1, 0.15) is 39.0 Å². The zero-order valence-electron chi connectivity index (χ0n) is 10.6. The molecule has 0 bridgehead atoms. The normalized spacial score (nSPS) is 15.7. The molecule has 2 aromatic rings. The average Bonchev–Trinajstić information content (AvgIpc) is 2.88. The Labute approximate surface area is 112 Å². The van der Waals surface area contributed by atoms with E-state index in [1.165, 1.54) is 40.8 Å². The molecule has 1 nitrogen and oxygen atoms in total. The molecular weight excluding hydrogens is 240 g/mol. The van der Waals surface area contributed by atoms with Crippen LogP contribution in [0.3, 0.4) is 0 Å². The summed E-state index contributed by atoms with van der Waals surface area (Å²) < 4.78 is 0. The Hall–Kier alpha value is -1.12. The summed E-state index contributed by atoms with van der Waals surface area (Å²) in [6, 6.07) is 10.6. The molecule has 2 heteroatoms. The van der Waals surface area contributed by atoms with Crippen molar-refractivity contribution in [1.82, 2.24) is 0 Å². The highest BCUT2D eigenvalue weighted by atomic mass is 32.1. The van der Waals surface area contributed by atoms with Crippen LogP contribution in [0.15, 0.2) is 30.3 Å². The lowest BCUT2D eigenvalue weighted by Gasteiger charge is -2.09. The molecule has 0 amide bonds. The third-order valence-electron chi connectivity index (χ3n) is 3.61. The molecule has 1 heterocycles. The molecular formula is C16H18OS. The maximum absolute atomic E-state index is 10.3. The van der Waals surface area contributed by atoms with Crippen LogP contribution < -0.4 is 0 Å². The molecule has 1 atom stereocenters. The van der Waals surface area contributed by atoms with E-state index in [0.717, 1.165) is 11.3 Å². The van der Waals surface area contributed by atoms with Gasteiger partial charge in [-0.25, -0.2) is 0 Å². The Morgan fingerprint density at radius 1 is 1.28 bits per heavy atom. The Morgan fingerprint density at radius 2 is 2.17 bits per heavy atom. The number of benzene rings is 1. The van der Waals surface area contributed by atoms with Gasteiger partial charge in [-0.3, -0.25) is 0 Å². The second-order valence-corrected chi connectivity index (χ2v) is 6.33. The van der Waals surface area contributed by atoms with Gasteiger partial charge in [-0.2, -0.15) is 0 Å². The molecule has 3 rings (SSSR count). The molecule has 1 aromatic carbocycles. The Morgan fingerprint density at radius 3 is 2.94 bits per heavy atom. The Balaban J connectivity index is 1.76. The van der Waals surface area contributed by atoms with Gasteiger partial charge in [0.05, 0.1) is 6.10 Å². The summed E-state index contributed by atoms with van der Waals surface area (Å²) in [4.78, 5) is 2.63. The van der Waals surface area contributed by atoms with E-state index >= 15 is 0 Å². The van der Waals surface area contributed by atoms with Gasteiger partial charge in [0.25, 0.3) is 0 Å². The van der Waals surface area contributed by atoms with Crippen molar-refractivity contribution in [1.29, 1.82) is 0 Å². The molecule has 0 saturated heterocycles. The van der Waals surface area contributed by atoms with Gasteiger partial charge in [-0.05, 0) is 43.4 Å². The summed E-state index contributed by atoms with van der Waals surface area (Å²) in [5.41, 5.74) is 3.95. The summed E-state index contributed by atoms with van der Waals surface area (Å²) in [6.07, 6.45) is 4.07. The highest BCUT2D eigenvalue weighted by Gasteiger charge is 2.18. The third kappa shape index (κ3) is 2.36. The van der Waals surface area contributed by atoms with Crippen molar-refractivity contribution in [2.75, 3.05) is 0 Å². The van der Waals surface area contributed by atoms with Crippen LogP contribution in [-0.4, -0.2) is 5.11 Å². The largest absolute Gasteiger partial charge is 0.387 e. The molecule has 0 fully saturated rings. The molecule has 1 aliphatic carbocycles. The molecule has 94 valence electrons. The van der Waals surface area contributed by atoms with E-state index in [-0.39, 0.29) is 6.10 Å². The van der Waals surface area contributed by atoms with Crippen molar-refractivity contribution < 1.29 is 5.11 Å². The van der Waals surface area contributed by atoms with E-state index in [0.29, 0.717) is 0 Å². The molecule has 18 heavy (non-hydrogen) atoms. The maximum atomic E-state index is 10.3. The summed E-state index contributed by atoms with van der Waals surface area (Å²) in [7, 11) is 0. The topological polar surface area (TPSA) is 20.2 Å². The van der Waals surface area contributed by atoms with Crippen LogP contribution in [0.25, 0.3) is 0 Å². The van der Waals surface area contributed by atoms with E-state index in [2.05, 4.69) is 37.3 Å². The van der Waals surface area contributed by atoms with Crippen LogP contribution in [0.4, 0.5) is 0 Å². The molecule has 0 radical (unpaired) electrons. The minimum atomic E-state index is -0.345. The van der Waals surface area contributed by atoms with Gasteiger partial charge in [0, 0.05) is 16.2 Å². The van der Waals surface area contributed by atoms with Gasteiger partial charge in [-0.15, -0.1) is 11.3 Å². The van der Waals surface area contributed by atoms with Crippen molar-refractivity contribution in [2.45, 2.75) is 38.7 Å². The van der Waals surface area contributed by atoms with Crippen LogP contribution in [0.5, 0.6) is 0 Å². The van der Waals surface area contributed by atoms with Crippen LogP contribution in [0, 0.1) is 6.92 Å². The van der Waals surface area contributed by atoms with Crippen molar-refractivity contribution in [3.63, 3.8) is 0 Å². The third-order valence-corrected chi connectivity index (χ3v) is 4.94. The number of aliphatic hydroxyl groups excluding tert-OH is 1. The van der Waals surface area contributed by atoms with Gasteiger partial charge in [-0.1, -0.05) is 29.8 Å². The second-order valence-electron chi connectivity index (χ2n) is 5.16. The molecule has 0 aliphatic heterocycles. The standard InChI is InChI=1S/C16H18OS/c1-11-4-2-5-12(8-11)9-14(17)16-10-13-6-3-7-15(13)18-16/h2,4-5,8,10,14,17H,3,6-7,9H2,1H3. The summed E-state index contributed by atoms with van der Waals surface area (Å²) >= 11 is 1.80. The van der Waals surface area contributed by atoms with E-state index in [1.807, 2.05) is 0 Å². The quantitative estimate of drug-likeness (QED) is 0.887. The summed E-state index contributed by atoms with van der Waals surface area (Å²) in [5, 5.41) is 10.3. The van der Waals surface area contributed by atoms with Gasteiger partial charge >= 0.3 is 0 Å². The van der Waals surface area contributed by atoms with Crippen LogP contribution in [-0.2, 0) is 19.3 Å². The molecule has 1 N–H and O–H groups in total. The number of aliphatic hydroxyl groups is 1. The monoisotopic (exact) mass is 258 g/mol. The van der Waals surface area contributed by atoms with Crippen molar-refractivity contribution in [3.05, 3.63) is 56.8 Å². The lowest BCUT2D eigenvalue weighted by Crippen LogP contribution is -1.99. The number of hydrogen-bond donors (Lipinski definition) is 1. The zero-order chi connectivity index (χ0) is 12.5. The van der Waals surface area contributed by atoms with Gasteiger partial charge in [0.15, 0.2) is 0 Å². The summed E-state index contributed by atoms with van der Waals surface area (Å²) in [5.74, 6) is 0. The lowest BCUT2D eigenvalue weighted by atomic mass is 10.0. The molecule has 0 saturated carbocycles. The van der Waals surface area contributed by atoms with Crippen molar-refractivity contribution >= 4 is 11.3 Å². The zero-order valence-corrected chi connectivity index (χ0v) is 11.5. The number of hydrogen-bond acceptors (Lipinski definition) is 2. The fourth-order valence-corrected chi connectivity index (χ4v) is 3.92. The number of fused-ring (bicyclic) bond motifs is 1. The van der Waals surface area contributed by atoms with E-state index < -0.39 is 0 Å². The first-order chi connectivity index (χ1) is 8.72. The van der Waals surface area contributed by atoms with E-state index in [4.69, 9.17) is 0 Å². The minimum Gasteiger partial charge on any atom is -0.387 e. The predicted octanol–water partition coefficient (Wildman–Crippen LogP) is 3.82. The SMILES string of the molecule is Cc1cccc(CC(O)c2cc3c(s2)CCC3)c1. The first kappa shape index (κ1) is 11.9.